The molecule has 0 fully saturated rings. The van der Waals surface area contributed by atoms with Gasteiger partial charge in [-0.25, -0.2) is 4.98 Å². The van der Waals surface area contributed by atoms with Crippen LogP contribution in [0.4, 0.5) is 22.2 Å². The molecular formula is C20H16N4O4S. The molecule has 0 radical (unpaired) electrons. The summed E-state index contributed by atoms with van der Waals surface area (Å²) in [7, 11) is 0. The zero-order chi connectivity index (χ0) is 20.8. The van der Waals surface area contributed by atoms with Crippen LogP contribution in [0, 0.1) is 10.1 Å². The summed E-state index contributed by atoms with van der Waals surface area (Å²) in [6.07, 6.45) is 2.79. The summed E-state index contributed by atoms with van der Waals surface area (Å²) >= 11 is 1.28. The Morgan fingerprint density at radius 1 is 1.17 bits per heavy atom. The monoisotopic (exact) mass is 408 g/mol. The SMILES string of the molecule is CC(=O)N(c1ccccc1)c1nc(/C=C/C(=O)Nc2cccc([N+](=O)[O-])c2)cs1. The van der Waals surface area contributed by atoms with E-state index in [2.05, 4.69) is 10.3 Å². The number of nitrogens with zero attached hydrogens (tertiary/aromatic N) is 3. The molecule has 29 heavy (non-hydrogen) atoms. The van der Waals surface area contributed by atoms with E-state index < -0.39 is 10.8 Å². The van der Waals surface area contributed by atoms with E-state index in [1.807, 2.05) is 30.3 Å². The summed E-state index contributed by atoms with van der Waals surface area (Å²) < 4.78 is 0. The lowest BCUT2D eigenvalue weighted by atomic mass is 10.3. The minimum atomic E-state index is -0.532. The van der Waals surface area contributed by atoms with Gasteiger partial charge in [0, 0.05) is 36.2 Å². The molecule has 0 unspecified atom stereocenters. The third-order valence-corrected chi connectivity index (χ3v) is 4.60. The van der Waals surface area contributed by atoms with Crippen LogP contribution in [-0.4, -0.2) is 21.7 Å². The van der Waals surface area contributed by atoms with E-state index in [0.717, 1.165) is 0 Å². The minimum absolute atomic E-state index is 0.110. The maximum Gasteiger partial charge on any atom is 0.271 e. The fourth-order valence-corrected chi connectivity index (χ4v) is 3.36. The lowest BCUT2D eigenvalue weighted by Crippen LogP contribution is -2.22. The molecule has 0 bridgehead atoms. The van der Waals surface area contributed by atoms with E-state index in [0.29, 0.717) is 22.2 Å². The molecule has 0 saturated heterocycles. The first-order valence-corrected chi connectivity index (χ1v) is 9.37. The number of thiazole rings is 1. The number of para-hydroxylation sites is 1. The molecule has 3 aromatic rings. The number of anilines is 3. The van der Waals surface area contributed by atoms with E-state index in [4.69, 9.17) is 0 Å². The number of hydrogen-bond donors (Lipinski definition) is 1. The van der Waals surface area contributed by atoms with Crippen molar-refractivity contribution in [2.45, 2.75) is 6.92 Å². The van der Waals surface area contributed by atoms with Crippen molar-refractivity contribution in [2.24, 2.45) is 0 Å². The lowest BCUT2D eigenvalue weighted by molar-refractivity contribution is -0.384. The van der Waals surface area contributed by atoms with Crippen molar-refractivity contribution >= 4 is 51.4 Å². The maximum absolute atomic E-state index is 12.1. The minimum Gasteiger partial charge on any atom is -0.322 e. The Kier molecular flexibility index (Phi) is 6.10. The van der Waals surface area contributed by atoms with Gasteiger partial charge in [-0.15, -0.1) is 11.3 Å². The number of nitro benzene ring substituents is 1. The maximum atomic E-state index is 12.1. The molecule has 0 spiro atoms. The number of non-ortho nitro benzene ring substituents is 1. The van der Waals surface area contributed by atoms with Crippen molar-refractivity contribution in [2.75, 3.05) is 10.2 Å². The summed E-state index contributed by atoms with van der Waals surface area (Å²) in [6, 6.07) is 14.8. The molecule has 0 aliphatic carbocycles. The highest BCUT2D eigenvalue weighted by Crippen LogP contribution is 2.29. The zero-order valence-electron chi connectivity index (χ0n) is 15.3. The second-order valence-corrected chi connectivity index (χ2v) is 6.71. The van der Waals surface area contributed by atoms with Gasteiger partial charge in [0.2, 0.25) is 11.8 Å². The van der Waals surface area contributed by atoms with Crippen molar-refractivity contribution in [1.29, 1.82) is 0 Å². The number of nitrogens with one attached hydrogen (secondary N) is 1. The van der Waals surface area contributed by atoms with Gasteiger partial charge in [0.1, 0.15) is 0 Å². The van der Waals surface area contributed by atoms with Gasteiger partial charge >= 0.3 is 0 Å². The molecule has 1 aromatic heterocycles. The fourth-order valence-electron chi connectivity index (χ4n) is 2.50. The Balaban J connectivity index is 1.71. The number of aromatic nitrogens is 1. The average Bonchev–Trinajstić information content (AvgIpc) is 3.15. The summed E-state index contributed by atoms with van der Waals surface area (Å²) in [6.45, 7) is 1.45. The largest absolute Gasteiger partial charge is 0.322 e. The molecule has 0 saturated carbocycles. The van der Waals surface area contributed by atoms with Gasteiger partial charge in [0.05, 0.1) is 16.3 Å². The molecule has 2 amide bonds. The highest BCUT2D eigenvalue weighted by atomic mass is 32.1. The van der Waals surface area contributed by atoms with Crippen LogP contribution in [0.25, 0.3) is 6.08 Å². The van der Waals surface area contributed by atoms with Crippen LogP contribution in [-0.2, 0) is 9.59 Å². The Morgan fingerprint density at radius 3 is 2.62 bits per heavy atom. The van der Waals surface area contributed by atoms with Gasteiger partial charge in [0.25, 0.3) is 5.69 Å². The van der Waals surface area contributed by atoms with Gasteiger partial charge in [-0.2, -0.15) is 0 Å². The summed E-state index contributed by atoms with van der Waals surface area (Å²) in [4.78, 5) is 40.3. The molecule has 0 aliphatic rings. The molecular weight excluding hydrogens is 392 g/mol. The number of benzene rings is 2. The van der Waals surface area contributed by atoms with Gasteiger partial charge in [-0.3, -0.25) is 24.6 Å². The van der Waals surface area contributed by atoms with Gasteiger partial charge in [-0.1, -0.05) is 24.3 Å². The molecule has 146 valence electrons. The number of amides is 2. The Bertz CT molecular complexity index is 1080. The number of hydrogen-bond acceptors (Lipinski definition) is 6. The second kappa shape index (κ2) is 8.89. The fraction of sp³-hybridized carbons (Fsp3) is 0.0500. The predicted octanol–water partition coefficient (Wildman–Crippen LogP) is 4.39. The third-order valence-electron chi connectivity index (χ3n) is 3.76. The van der Waals surface area contributed by atoms with Crippen molar-refractivity contribution in [1.82, 2.24) is 4.98 Å². The number of carbonyl (C=O) groups is 2. The molecule has 9 heteroatoms. The zero-order valence-corrected chi connectivity index (χ0v) is 16.1. The molecule has 1 heterocycles. The Morgan fingerprint density at radius 2 is 1.93 bits per heavy atom. The number of rotatable bonds is 6. The van der Waals surface area contributed by atoms with Crippen LogP contribution in [0.15, 0.2) is 66.1 Å². The average molecular weight is 408 g/mol. The van der Waals surface area contributed by atoms with Crippen LogP contribution in [0.3, 0.4) is 0 Å². The first-order valence-electron chi connectivity index (χ1n) is 8.49. The predicted molar refractivity (Wildman–Crippen MR) is 112 cm³/mol. The van der Waals surface area contributed by atoms with E-state index in [1.165, 1.54) is 53.5 Å². The van der Waals surface area contributed by atoms with Crippen molar-refractivity contribution < 1.29 is 14.5 Å². The highest BCUT2D eigenvalue weighted by molar-refractivity contribution is 7.14. The molecule has 3 rings (SSSR count). The van der Waals surface area contributed by atoms with Crippen molar-refractivity contribution in [3.05, 3.63) is 81.9 Å². The highest BCUT2D eigenvalue weighted by Gasteiger charge is 2.17. The smallest absolute Gasteiger partial charge is 0.271 e. The van der Waals surface area contributed by atoms with E-state index >= 15 is 0 Å². The van der Waals surface area contributed by atoms with Crippen LogP contribution in [0.2, 0.25) is 0 Å². The topological polar surface area (TPSA) is 105 Å². The van der Waals surface area contributed by atoms with E-state index in [-0.39, 0.29) is 11.6 Å². The second-order valence-electron chi connectivity index (χ2n) is 5.87. The van der Waals surface area contributed by atoms with Crippen LogP contribution in [0.1, 0.15) is 12.6 Å². The van der Waals surface area contributed by atoms with Gasteiger partial charge < -0.3 is 5.32 Å². The van der Waals surface area contributed by atoms with Crippen LogP contribution >= 0.6 is 11.3 Å². The first-order chi connectivity index (χ1) is 13.9. The standard InChI is InChI=1S/C20H16N4O4S/c1-14(25)23(17-7-3-2-4-8-17)20-22-16(13-29-20)10-11-19(26)21-15-6-5-9-18(12-15)24(27)28/h2-13H,1H3,(H,21,26)/b11-10+. The number of carbonyl (C=O) groups excluding carboxylic acids is 2. The van der Waals surface area contributed by atoms with Crippen LogP contribution in [0.5, 0.6) is 0 Å². The summed E-state index contributed by atoms with van der Waals surface area (Å²) in [5, 5.41) is 15.6. The molecule has 0 atom stereocenters. The number of nitro groups is 1. The van der Waals surface area contributed by atoms with Crippen LogP contribution < -0.4 is 10.2 Å². The third kappa shape index (κ3) is 5.11. The molecule has 8 nitrogen and oxygen atoms in total. The van der Waals surface area contributed by atoms with Crippen molar-refractivity contribution in [3.8, 4) is 0 Å². The normalized spacial score (nSPS) is 10.7. The van der Waals surface area contributed by atoms with E-state index in [9.17, 15) is 19.7 Å². The lowest BCUT2D eigenvalue weighted by Gasteiger charge is -2.17. The van der Waals surface area contributed by atoms with Gasteiger partial charge in [-0.05, 0) is 24.3 Å². The van der Waals surface area contributed by atoms with Gasteiger partial charge in [0.15, 0.2) is 5.13 Å². The molecule has 0 aliphatic heterocycles. The molecule has 2 aromatic carbocycles. The first kappa shape index (κ1) is 19.9. The molecule has 1 N–H and O–H groups in total. The quantitative estimate of drug-likeness (QED) is 0.370. The van der Waals surface area contributed by atoms with Crippen molar-refractivity contribution in [3.63, 3.8) is 0 Å². The summed E-state index contributed by atoms with van der Waals surface area (Å²) in [5.74, 6) is -0.629. The Labute approximate surface area is 170 Å². The van der Waals surface area contributed by atoms with E-state index in [1.54, 1.807) is 11.4 Å². The summed E-state index contributed by atoms with van der Waals surface area (Å²) in [5.41, 5.74) is 1.43. The Hall–Kier alpha value is -3.85.